The summed E-state index contributed by atoms with van der Waals surface area (Å²) >= 11 is 6.49. The lowest BCUT2D eigenvalue weighted by Crippen LogP contribution is -2.17. The van der Waals surface area contributed by atoms with Gasteiger partial charge in [0, 0.05) is 10.0 Å². The molecule has 0 bridgehead atoms. The van der Waals surface area contributed by atoms with Crippen molar-refractivity contribution in [1.29, 1.82) is 0 Å². The van der Waals surface area contributed by atoms with E-state index in [0.29, 0.717) is 20.1 Å². The van der Waals surface area contributed by atoms with Crippen LogP contribution in [0.15, 0.2) is 45.3 Å². The van der Waals surface area contributed by atoms with E-state index < -0.39 is 12.4 Å². The maximum Gasteiger partial charge on any atom is 0.573 e. The van der Waals surface area contributed by atoms with Gasteiger partial charge in [0.15, 0.2) is 0 Å². The van der Waals surface area contributed by atoms with Crippen molar-refractivity contribution in [3.05, 3.63) is 56.5 Å². The van der Waals surface area contributed by atoms with E-state index in [9.17, 15) is 18.3 Å². The van der Waals surface area contributed by atoms with Crippen LogP contribution in [0.25, 0.3) is 0 Å². The molecule has 0 unspecified atom stereocenters. The average Bonchev–Trinajstić information content (AvgIpc) is 2.42. The second-order valence-electron chi connectivity index (χ2n) is 4.39. The van der Waals surface area contributed by atoms with Gasteiger partial charge >= 0.3 is 6.36 Å². The summed E-state index contributed by atoms with van der Waals surface area (Å²) < 4.78 is 41.2. The van der Waals surface area contributed by atoms with Crippen molar-refractivity contribution in [2.75, 3.05) is 0 Å². The van der Waals surface area contributed by atoms with Gasteiger partial charge in [-0.3, -0.25) is 0 Å². The molecule has 3 N–H and O–H groups in total. The number of halogens is 6. The topological polar surface area (TPSA) is 55.5 Å². The molecule has 0 heterocycles. The van der Waals surface area contributed by atoms with Gasteiger partial charge in [-0.15, -0.1) is 25.6 Å². The number of hydrogen-bond acceptors (Lipinski definition) is 3. The van der Waals surface area contributed by atoms with Gasteiger partial charge in [0.2, 0.25) is 0 Å². The molecule has 0 aliphatic carbocycles. The van der Waals surface area contributed by atoms with Crippen molar-refractivity contribution >= 4 is 44.3 Å². The van der Waals surface area contributed by atoms with E-state index in [2.05, 4.69) is 36.6 Å². The lowest BCUT2D eigenvalue weighted by molar-refractivity contribution is -0.274. The molecule has 0 saturated heterocycles. The molecule has 9 heteroatoms. The molecule has 2 aromatic rings. The van der Waals surface area contributed by atoms with E-state index >= 15 is 0 Å². The summed E-state index contributed by atoms with van der Waals surface area (Å²) in [5.74, 6) is -0.363. The zero-order chi connectivity index (χ0) is 16.5. The summed E-state index contributed by atoms with van der Waals surface area (Å²) in [6.07, 6.45) is -4.74. The minimum atomic E-state index is -4.74. The molecule has 0 saturated carbocycles. The van der Waals surface area contributed by atoms with E-state index in [0.717, 1.165) is 0 Å². The van der Waals surface area contributed by atoms with Crippen molar-refractivity contribution in [3.8, 4) is 11.5 Å². The predicted molar refractivity (Wildman–Crippen MR) is 89.9 cm³/mol. The summed E-state index contributed by atoms with van der Waals surface area (Å²) in [6.45, 7) is 0. The van der Waals surface area contributed by atoms with Crippen LogP contribution in [0.3, 0.4) is 0 Å². The molecular weight excluding hydrogens is 466 g/mol. The molecule has 0 aliphatic heterocycles. The molecule has 0 aliphatic rings. The number of phenolic OH excluding ortho intramolecular Hbond substituents is 1. The Hall–Kier alpha value is -0.960. The lowest BCUT2D eigenvalue weighted by Gasteiger charge is -2.17. The molecule has 2 rings (SSSR count). The Balaban J connectivity index is 0.00000264. The molecular formula is C14H11Br2ClF3NO2. The number of rotatable bonds is 3. The third kappa shape index (κ3) is 5.00. The lowest BCUT2D eigenvalue weighted by atomic mass is 9.99. The van der Waals surface area contributed by atoms with Crippen LogP contribution in [-0.4, -0.2) is 11.5 Å². The van der Waals surface area contributed by atoms with Gasteiger partial charge in [0.25, 0.3) is 0 Å². The number of alkyl halides is 3. The van der Waals surface area contributed by atoms with E-state index in [1.54, 1.807) is 12.1 Å². The third-order valence-corrected chi connectivity index (χ3v) is 4.23. The SMILES string of the molecule is Cl.N[C@H](c1ccc(OC(F)(F)F)cc1)c1c(Br)ccc(Br)c1O. The number of nitrogens with two attached hydrogens (primary N) is 1. The van der Waals surface area contributed by atoms with Crippen LogP contribution in [0.1, 0.15) is 17.2 Å². The van der Waals surface area contributed by atoms with Crippen LogP contribution in [0, 0.1) is 0 Å². The van der Waals surface area contributed by atoms with Crippen molar-refractivity contribution in [2.24, 2.45) is 5.73 Å². The Kier molecular flexibility index (Phi) is 6.76. The van der Waals surface area contributed by atoms with Crippen LogP contribution in [0.4, 0.5) is 13.2 Å². The van der Waals surface area contributed by atoms with Gasteiger partial charge in [0.1, 0.15) is 11.5 Å². The van der Waals surface area contributed by atoms with Crippen LogP contribution in [0.5, 0.6) is 11.5 Å². The van der Waals surface area contributed by atoms with Crippen molar-refractivity contribution in [3.63, 3.8) is 0 Å². The van der Waals surface area contributed by atoms with E-state index in [-0.39, 0.29) is 23.9 Å². The Morgan fingerprint density at radius 2 is 1.52 bits per heavy atom. The fourth-order valence-corrected chi connectivity index (χ4v) is 2.81. The molecule has 1 atom stereocenters. The van der Waals surface area contributed by atoms with E-state index in [4.69, 9.17) is 5.73 Å². The smallest absolute Gasteiger partial charge is 0.506 e. The first kappa shape index (κ1) is 20.1. The summed E-state index contributed by atoms with van der Waals surface area (Å²) in [5.41, 5.74) is 7.05. The van der Waals surface area contributed by atoms with Crippen molar-refractivity contribution in [2.45, 2.75) is 12.4 Å². The van der Waals surface area contributed by atoms with Crippen molar-refractivity contribution < 1.29 is 23.0 Å². The van der Waals surface area contributed by atoms with Gasteiger partial charge in [-0.25, -0.2) is 0 Å². The maximum atomic E-state index is 12.1. The molecule has 23 heavy (non-hydrogen) atoms. The van der Waals surface area contributed by atoms with E-state index in [1.165, 1.54) is 24.3 Å². The summed E-state index contributed by atoms with van der Waals surface area (Å²) in [7, 11) is 0. The van der Waals surface area contributed by atoms with Gasteiger partial charge in [0.05, 0.1) is 10.5 Å². The highest BCUT2D eigenvalue weighted by Gasteiger charge is 2.31. The molecule has 2 aromatic carbocycles. The monoisotopic (exact) mass is 475 g/mol. The van der Waals surface area contributed by atoms with Gasteiger partial charge in [-0.2, -0.15) is 0 Å². The fourth-order valence-electron chi connectivity index (χ4n) is 1.90. The zero-order valence-electron chi connectivity index (χ0n) is 11.3. The molecule has 0 fully saturated rings. The quantitative estimate of drug-likeness (QED) is 0.632. The normalized spacial score (nSPS) is 12.4. The molecule has 0 amide bonds. The highest BCUT2D eigenvalue weighted by Crippen LogP contribution is 2.39. The first-order valence-corrected chi connectivity index (χ1v) is 7.56. The van der Waals surface area contributed by atoms with Gasteiger partial charge in [-0.05, 0) is 45.8 Å². The first-order chi connectivity index (χ1) is 10.2. The van der Waals surface area contributed by atoms with Crippen LogP contribution >= 0.6 is 44.3 Å². The number of hydrogen-bond donors (Lipinski definition) is 2. The number of aromatic hydroxyl groups is 1. The summed E-state index contributed by atoms with van der Waals surface area (Å²) in [4.78, 5) is 0. The van der Waals surface area contributed by atoms with Crippen LogP contribution in [0.2, 0.25) is 0 Å². The molecule has 126 valence electrons. The Morgan fingerprint density at radius 1 is 1.00 bits per heavy atom. The number of benzene rings is 2. The van der Waals surface area contributed by atoms with E-state index in [1.807, 2.05) is 0 Å². The maximum absolute atomic E-state index is 12.1. The molecule has 0 aromatic heterocycles. The predicted octanol–water partition coefficient (Wildman–Crippen LogP) is 5.29. The number of phenols is 1. The highest BCUT2D eigenvalue weighted by molar-refractivity contribution is 9.11. The van der Waals surface area contributed by atoms with Crippen LogP contribution < -0.4 is 10.5 Å². The zero-order valence-corrected chi connectivity index (χ0v) is 15.3. The standard InChI is InChI=1S/C14H10Br2F3NO2.ClH/c15-9-5-6-10(16)13(21)11(9)12(20)7-1-3-8(4-2-7)22-14(17,18)19;/h1-6,12,21H,20H2;1H/t12-;/m1./s1. The van der Waals surface area contributed by atoms with Gasteiger partial charge in [-0.1, -0.05) is 28.1 Å². The molecule has 0 radical (unpaired) electrons. The molecule has 0 spiro atoms. The Bertz CT molecular complexity index is 681. The summed E-state index contributed by atoms with van der Waals surface area (Å²) in [5, 5.41) is 10.1. The largest absolute Gasteiger partial charge is 0.573 e. The second-order valence-corrected chi connectivity index (χ2v) is 6.09. The minimum absolute atomic E-state index is 0. The third-order valence-electron chi connectivity index (χ3n) is 2.90. The average molecular weight is 478 g/mol. The summed E-state index contributed by atoms with van der Waals surface area (Å²) in [6, 6.07) is 7.82. The van der Waals surface area contributed by atoms with Crippen LogP contribution in [-0.2, 0) is 0 Å². The molecule has 3 nitrogen and oxygen atoms in total. The number of ether oxygens (including phenoxy) is 1. The second kappa shape index (κ2) is 7.74. The van der Waals surface area contributed by atoms with Gasteiger partial charge < -0.3 is 15.6 Å². The Labute approximate surface area is 153 Å². The van der Waals surface area contributed by atoms with Crippen molar-refractivity contribution in [1.82, 2.24) is 0 Å². The highest BCUT2D eigenvalue weighted by atomic mass is 79.9. The minimum Gasteiger partial charge on any atom is -0.506 e. The fraction of sp³-hybridized carbons (Fsp3) is 0.143. The Morgan fingerprint density at radius 3 is 2.04 bits per heavy atom. The first-order valence-electron chi connectivity index (χ1n) is 5.97.